The zero-order valence-electron chi connectivity index (χ0n) is 14.7. The van der Waals surface area contributed by atoms with E-state index in [0.29, 0.717) is 22.2 Å². The summed E-state index contributed by atoms with van der Waals surface area (Å²) in [6.07, 6.45) is 0. The van der Waals surface area contributed by atoms with E-state index < -0.39 is 17.5 Å². The number of nitrogens with one attached hydrogen (secondary N) is 1. The zero-order valence-corrected chi connectivity index (χ0v) is 15.5. The SMILES string of the molecule is Cc1nc(-c2c(F)cccc2F)sc1C(=O)Nc1cccc2c(O)cccc12. The van der Waals surface area contributed by atoms with Gasteiger partial charge < -0.3 is 10.4 Å². The van der Waals surface area contributed by atoms with Crippen LogP contribution in [0.25, 0.3) is 21.3 Å². The standard InChI is InChI=1S/C21H14F2N2O2S/c1-11-19(28-21(24-11)18-14(22)7-4-8-15(18)23)20(27)25-16-9-2-6-13-12(16)5-3-10-17(13)26/h2-10,26H,1H3,(H,25,27). The molecule has 0 bridgehead atoms. The minimum absolute atomic E-state index is 0.105. The summed E-state index contributed by atoms with van der Waals surface area (Å²) < 4.78 is 28.1. The summed E-state index contributed by atoms with van der Waals surface area (Å²) in [4.78, 5) is 17.2. The summed E-state index contributed by atoms with van der Waals surface area (Å²) in [6, 6.07) is 13.8. The van der Waals surface area contributed by atoms with Gasteiger partial charge >= 0.3 is 0 Å². The maximum Gasteiger partial charge on any atom is 0.267 e. The average molecular weight is 396 g/mol. The molecule has 0 saturated heterocycles. The molecule has 0 atom stereocenters. The van der Waals surface area contributed by atoms with E-state index in [2.05, 4.69) is 10.3 Å². The fraction of sp³-hybridized carbons (Fsp3) is 0.0476. The van der Waals surface area contributed by atoms with Gasteiger partial charge in [0.05, 0.1) is 11.3 Å². The molecule has 0 aliphatic carbocycles. The van der Waals surface area contributed by atoms with Gasteiger partial charge in [-0.05, 0) is 31.2 Å². The van der Waals surface area contributed by atoms with Crippen LogP contribution in [0, 0.1) is 18.6 Å². The Labute approximate surface area is 163 Å². The van der Waals surface area contributed by atoms with Crippen LogP contribution in [-0.4, -0.2) is 16.0 Å². The third kappa shape index (κ3) is 3.10. The van der Waals surface area contributed by atoms with Gasteiger partial charge in [-0.15, -0.1) is 11.3 Å². The van der Waals surface area contributed by atoms with Crippen molar-refractivity contribution < 1.29 is 18.7 Å². The minimum atomic E-state index is -0.731. The van der Waals surface area contributed by atoms with E-state index in [1.54, 1.807) is 43.3 Å². The Morgan fingerprint density at radius 2 is 1.64 bits per heavy atom. The number of hydrogen-bond donors (Lipinski definition) is 2. The third-order valence-electron chi connectivity index (χ3n) is 4.33. The minimum Gasteiger partial charge on any atom is -0.507 e. The summed E-state index contributed by atoms with van der Waals surface area (Å²) in [5, 5.41) is 14.2. The number of thiazole rings is 1. The fourth-order valence-electron chi connectivity index (χ4n) is 3.00. The molecule has 0 spiro atoms. The van der Waals surface area contributed by atoms with Crippen LogP contribution < -0.4 is 5.32 Å². The lowest BCUT2D eigenvalue weighted by atomic mass is 10.1. The van der Waals surface area contributed by atoms with Crippen molar-refractivity contribution in [2.24, 2.45) is 0 Å². The van der Waals surface area contributed by atoms with Crippen molar-refractivity contribution in [1.82, 2.24) is 4.98 Å². The number of halogens is 2. The van der Waals surface area contributed by atoms with Crippen molar-refractivity contribution in [1.29, 1.82) is 0 Å². The molecule has 0 aliphatic rings. The van der Waals surface area contributed by atoms with Gasteiger partial charge in [-0.25, -0.2) is 13.8 Å². The van der Waals surface area contributed by atoms with Gasteiger partial charge in [-0.1, -0.05) is 30.3 Å². The predicted molar refractivity (Wildman–Crippen MR) is 106 cm³/mol. The molecule has 4 nitrogen and oxygen atoms in total. The maximum atomic E-state index is 14.0. The van der Waals surface area contributed by atoms with Gasteiger partial charge in [0, 0.05) is 16.5 Å². The van der Waals surface area contributed by atoms with Crippen LogP contribution >= 0.6 is 11.3 Å². The molecule has 3 aromatic carbocycles. The van der Waals surface area contributed by atoms with E-state index in [9.17, 15) is 18.7 Å². The Hall–Kier alpha value is -3.32. The van der Waals surface area contributed by atoms with Crippen molar-refractivity contribution >= 4 is 33.7 Å². The van der Waals surface area contributed by atoms with Gasteiger partial charge in [0.2, 0.25) is 0 Å². The van der Waals surface area contributed by atoms with Crippen LogP contribution in [-0.2, 0) is 0 Å². The number of rotatable bonds is 3. The summed E-state index contributed by atoms with van der Waals surface area (Å²) >= 11 is 0.924. The lowest BCUT2D eigenvalue weighted by molar-refractivity contribution is 0.103. The molecule has 140 valence electrons. The number of amides is 1. The Balaban J connectivity index is 1.71. The van der Waals surface area contributed by atoms with Crippen LogP contribution in [0.1, 0.15) is 15.4 Å². The van der Waals surface area contributed by atoms with Crippen LogP contribution in [0.4, 0.5) is 14.5 Å². The number of aryl methyl sites for hydroxylation is 1. The van der Waals surface area contributed by atoms with Crippen molar-refractivity contribution in [3.63, 3.8) is 0 Å². The lowest BCUT2D eigenvalue weighted by Crippen LogP contribution is -2.11. The van der Waals surface area contributed by atoms with Crippen molar-refractivity contribution in [2.45, 2.75) is 6.92 Å². The summed E-state index contributed by atoms with van der Waals surface area (Å²) in [7, 11) is 0. The number of anilines is 1. The number of phenols is 1. The van der Waals surface area contributed by atoms with Gasteiger partial charge in [0.15, 0.2) is 0 Å². The Bertz CT molecular complexity index is 1200. The number of aromatic hydroxyl groups is 1. The molecule has 0 fully saturated rings. The van der Waals surface area contributed by atoms with Crippen molar-refractivity contribution in [3.8, 4) is 16.3 Å². The molecule has 1 heterocycles. The number of carbonyl (C=O) groups excluding carboxylic acids is 1. The predicted octanol–water partition coefficient (Wildman–Crippen LogP) is 5.51. The molecule has 1 aromatic heterocycles. The van der Waals surface area contributed by atoms with Crippen molar-refractivity contribution in [3.05, 3.63) is 76.8 Å². The number of fused-ring (bicyclic) bond motifs is 1. The number of carbonyl (C=O) groups is 1. The van der Waals surface area contributed by atoms with E-state index in [1.165, 1.54) is 6.07 Å². The summed E-state index contributed by atoms with van der Waals surface area (Å²) in [5.74, 6) is -1.79. The molecular weight excluding hydrogens is 382 g/mol. The highest BCUT2D eigenvalue weighted by Crippen LogP contribution is 2.33. The van der Waals surface area contributed by atoms with E-state index >= 15 is 0 Å². The quantitative estimate of drug-likeness (QED) is 0.480. The highest BCUT2D eigenvalue weighted by Gasteiger charge is 2.21. The summed E-state index contributed by atoms with van der Waals surface area (Å²) in [6.45, 7) is 1.61. The second-order valence-electron chi connectivity index (χ2n) is 6.16. The molecule has 0 saturated carbocycles. The van der Waals surface area contributed by atoms with Crippen LogP contribution in [0.5, 0.6) is 5.75 Å². The number of hydrogen-bond acceptors (Lipinski definition) is 4. The monoisotopic (exact) mass is 396 g/mol. The van der Waals surface area contributed by atoms with E-state index in [-0.39, 0.29) is 21.2 Å². The van der Waals surface area contributed by atoms with Crippen LogP contribution in [0.15, 0.2) is 54.6 Å². The first kappa shape index (κ1) is 18.1. The van der Waals surface area contributed by atoms with Gasteiger partial charge in [-0.2, -0.15) is 0 Å². The largest absolute Gasteiger partial charge is 0.507 e. The number of nitrogens with zero attached hydrogens (tertiary/aromatic N) is 1. The third-order valence-corrected chi connectivity index (χ3v) is 5.50. The molecule has 28 heavy (non-hydrogen) atoms. The van der Waals surface area contributed by atoms with Crippen LogP contribution in [0.2, 0.25) is 0 Å². The molecule has 4 aromatic rings. The number of phenolic OH excluding ortho intramolecular Hbond substituents is 1. The van der Waals surface area contributed by atoms with E-state index in [0.717, 1.165) is 23.5 Å². The molecule has 4 rings (SSSR count). The average Bonchev–Trinajstić information content (AvgIpc) is 3.04. The summed E-state index contributed by atoms with van der Waals surface area (Å²) in [5.41, 5.74) is 0.651. The zero-order chi connectivity index (χ0) is 19.8. The topological polar surface area (TPSA) is 62.2 Å². The van der Waals surface area contributed by atoms with E-state index in [4.69, 9.17) is 0 Å². The van der Waals surface area contributed by atoms with Gasteiger partial charge in [0.25, 0.3) is 5.91 Å². The second kappa shape index (κ2) is 7.01. The Kier molecular flexibility index (Phi) is 4.52. The smallest absolute Gasteiger partial charge is 0.267 e. The van der Waals surface area contributed by atoms with Crippen LogP contribution in [0.3, 0.4) is 0 Å². The van der Waals surface area contributed by atoms with E-state index in [1.807, 2.05) is 0 Å². The van der Waals surface area contributed by atoms with Gasteiger partial charge in [0.1, 0.15) is 27.3 Å². The Morgan fingerprint density at radius 1 is 1.00 bits per heavy atom. The molecule has 0 aliphatic heterocycles. The normalized spacial score (nSPS) is 11.0. The molecule has 2 N–H and O–H groups in total. The molecule has 1 amide bonds. The highest BCUT2D eigenvalue weighted by atomic mass is 32.1. The molecular formula is C21H14F2N2O2S. The first-order valence-corrected chi connectivity index (χ1v) is 9.21. The lowest BCUT2D eigenvalue weighted by Gasteiger charge is -2.09. The van der Waals surface area contributed by atoms with Gasteiger partial charge in [-0.3, -0.25) is 4.79 Å². The first-order chi connectivity index (χ1) is 13.5. The Morgan fingerprint density at radius 3 is 2.39 bits per heavy atom. The molecule has 7 heteroatoms. The fourth-order valence-corrected chi connectivity index (χ4v) is 4.01. The van der Waals surface area contributed by atoms with Crippen molar-refractivity contribution in [2.75, 3.05) is 5.32 Å². The first-order valence-electron chi connectivity index (χ1n) is 8.39. The number of aromatic nitrogens is 1. The molecule has 0 radical (unpaired) electrons. The molecule has 0 unspecified atom stereocenters. The highest BCUT2D eigenvalue weighted by molar-refractivity contribution is 7.17. The number of benzene rings is 3. The second-order valence-corrected chi connectivity index (χ2v) is 7.16. The maximum absolute atomic E-state index is 14.0.